The maximum Gasteiger partial charge on any atom is 0.227 e. The summed E-state index contributed by atoms with van der Waals surface area (Å²) in [6.45, 7) is 4.21. The largest absolute Gasteiger partial charge is 0.342 e. The topological polar surface area (TPSA) is 46.3 Å². The predicted octanol–water partition coefficient (Wildman–Crippen LogP) is 2.79. The normalized spacial score (nSPS) is 42.1. The standard InChI is InChI=1S/C17H30N2O/c1-12-5-4-8-15(18)16(12)17(20)19-10-9-13-6-2-3-7-14(13)11-19/h12-16H,2-11,18H2,1H3. The molecule has 1 amide bonds. The van der Waals surface area contributed by atoms with Gasteiger partial charge in [0.25, 0.3) is 0 Å². The predicted molar refractivity (Wildman–Crippen MR) is 81.1 cm³/mol. The molecule has 3 fully saturated rings. The Morgan fingerprint density at radius 1 is 1.00 bits per heavy atom. The molecule has 5 unspecified atom stereocenters. The first-order valence-corrected chi connectivity index (χ1v) is 8.71. The molecule has 3 heteroatoms. The van der Waals surface area contributed by atoms with Gasteiger partial charge in [-0.05, 0) is 43.4 Å². The fraction of sp³-hybridized carbons (Fsp3) is 0.941. The molecule has 0 radical (unpaired) electrons. The zero-order chi connectivity index (χ0) is 14.1. The highest BCUT2D eigenvalue weighted by Gasteiger charge is 2.39. The quantitative estimate of drug-likeness (QED) is 0.801. The van der Waals surface area contributed by atoms with Crippen LogP contribution in [0.4, 0.5) is 0 Å². The van der Waals surface area contributed by atoms with E-state index < -0.39 is 0 Å². The molecule has 2 saturated carbocycles. The minimum atomic E-state index is 0.0869. The van der Waals surface area contributed by atoms with Crippen molar-refractivity contribution in [2.75, 3.05) is 13.1 Å². The summed E-state index contributed by atoms with van der Waals surface area (Å²) in [5.41, 5.74) is 6.26. The lowest BCUT2D eigenvalue weighted by atomic mass is 9.73. The van der Waals surface area contributed by atoms with Crippen molar-refractivity contribution in [3.05, 3.63) is 0 Å². The third kappa shape index (κ3) is 2.74. The number of nitrogens with zero attached hydrogens (tertiary/aromatic N) is 1. The second kappa shape index (κ2) is 6.05. The lowest BCUT2D eigenvalue weighted by Gasteiger charge is -2.44. The Morgan fingerprint density at radius 3 is 2.50 bits per heavy atom. The highest BCUT2D eigenvalue weighted by Crippen LogP contribution is 2.38. The molecule has 114 valence electrons. The van der Waals surface area contributed by atoms with Gasteiger partial charge in [-0.3, -0.25) is 4.79 Å². The van der Waals surface area contributed by atoms with Gasteiger partial charge < -0.3 is 10.6 Å². The van der Waals surface area contributed by atoms with Gasteiger partial charge in [-0.15, -0.1) is 0 Å². The van der Waals surface area contributed by atoms with Crippen LogP contribution in [-0.4, -0.2) is 29.9 Å². The van der Waals surface area contributed by atoms with Gasteiger partial charge in [0.1, 0.15) is 0 Å². The summed E-state index contributed by atoms with van der Waals surface area (Å²) in [4.78, 5) is 15.1. The molecule has 1 saturated heterocycles. The summed E-state index contributed by atoms with van der Waals surface area (Å²) in [6.07, 6.45) is 10.1. The first-order valence-electron chi connectivity index (χ1n) is 8.71. The molecule has 0 aromatic rings. The van der Waals surface area contributed by atoms with Crippen LogP contribution in [0.25, 0.3) is 0 Å². The molecular formula is C17H30N2O. The van der Waals surface area contributed by atoms with Crippen LogP contribution in [0.1, 0.15) is 58.3 Å². The SMILES string of the molecule is CC1CCCC(N)C1C(=O)N1CCC2CCCCC2C1. The summed E-state index contributed by atoms with van der Waals surface area (Å²) in [5, 5.41) is 0. The van der Waals surface area contributed by atoms with Crippen LogP contribution in [0, 0.1) is 23.7 Å². The molecular weight excluding hydrogens is 248 g/mol. The molecule has 3 rings (SSSR count). The Bertz CT molecular complexity index is 347. The molecule has 0 aromatic carbocycles. The van der Waals surface area contributed by atoms with Crippen molar-refractivity contribution in [1.29, 1.82) is 0 Å². The van der Waals surface area contributed by atoms with Crippen LogP contribution in [0.3, 0.4) is 0 Å². The third-order valence-corrected chi connectivity index (χ3v) is 6.16. The number of rotatable bonds is 1. The molecule has 0 spiro atoms. The van der Waals surface area contributed by atoms with Gasteiger partial charge in [0.2, 0.25) is 5.91 Å². The van der Waals surface area contributed by atoms with Crippen molar-refractivity contribution >= 4 is 5.91 Å². The van der Waals surface area contributed by atoms with Gasteiger partial charge in [0.05, 0.1) is 5.92 Å². The number of carbonyl (C=O) groups excluding carboxylic acids is 1. The van der Waals surface area contributed by atoms with Crippen molar-refractivity contribution < 1.29 is 4.79 Å². The monoisotopic (exact) mass is 278 g/mol. The van der Waals surface area contributed by atoms with E-state index in [2.05, 4.69) is 11.8 Å². The van der Waals surface area contributed by atoms with Crippen molar-refractivity contribution in [2.45, 2.75) is 64.3 Å². The number of amides is 1. The first kappa shape index (κ1) is 14.4. The van der Waals surface area contributed by atoms with E-state index in [0.29, 0.717) is 11.8 Å². The van der Waals surface area contributed by atoms with Gasteiger partial charge in [0, 0.05) is 19.1 Å². The Balaban J connectivity index is 1.64. The van der Waals surface area contributed by atoms with Crippen LogP contribution < -0.4 is 5.73 Å². The fourth-order valence-electron chi connectivity index (χ4n) is 4.90. The Kier molecular flexibility index (Phi) is 4.34. The van der Waals surface area contributed by atoms with Crippen LogP contribution in [0.15, 0.2) is 0 Å². The number of hydrogen-bond acceptors (Lipinski definition) is 2. The molecule has 0 bridgehead atoms. The van der Waals surface area contributed by atoms with E-state index in [1.807, 2.05) is 0 Å². The van der Waals surface area contributed by atoms with Crippen molar-refractivity contribution in [3.8, 4) is 0 Å². The number of piperidine rings is 1. The number of hydrogen-bond donors (Lipinski definition) is 1. The average Bonchev–Trinajstić information content (AvgIpc) is 2.46. The smallest absolute Gasteiger partial charge is 0.227 e. The molecule has 1 heterocycles. The van der Waals surface area contributed by atoms with Crippen LogP contribution in [0.5, 0.6) is 0 Å². The van der Waals surface area contributed by atoms with Crippen molar-refractivity contribution in [2.24, 2.45) is 29.4 Å². The summed E-state index contributed by atoms with van der Waals surface area (Å²) in [6, 6.07) is 0.0929. The minimum Gasteiger partial charge on any atom is -0.342 e. The Hall–Kier alpha value is -0.570. The summed E-state index contributed by atoms with van der Waals surface area (Å²) in [5.74, 6) is 2.59. The molecule has 20 heavy (non-hydrogen) atoms. The molecule has 2 aliphatic carbocycles. The maximum absolute atomic E-state index is 12.9. The summed E-state index contributed by atoms with van der Waals surface area (Å²) in [7, 11) is 0. The average molecular weight is 278 g/mol. The lowest BCUT2D eigenvalue weighted by Crippen LogP contribution is -2.52. The van der Waals surface area contributed by atoms with Gasteiger partial charge >= 0.3 is 0 Å². The van der Waals surface area contributed by atoms with E-state index in [9.17, 15) is 4.79 Å². The summed E-state index contributed by atoms with van der Waals surface area (Å²) >= 11 is 0. The van der Waals surface area contributed by atoms with Crippen molar-refractivity contribution in [3.63, 3.8) is 0 Å². The van der Waals surface area contributed by atoms with Crippen LogP contribution in [-0.2, 0) is 4.79 Å². The maximum atomic E-state index is 12.9. The first-order chi connectivity index (χ1) is 9.66. The van der Waals surface area contributed by atoms with Gasteiger partial charge in [0.15, 0.2) is 0 Å². The number of likely N-dealkylation sites (tertiary alicyclic amines) is 1. The minimum absolute atomic E-state index is 0.0869. The number of nitrogens with two attached hydrogens (primary N) is 1. The Morgan fingerprint density at radius 2 is 1.75 bits per heavy atom. The van der Waals surface area contributed by atoms with Crippen LogP contribution in [0.2, 0.25) is 0 Å². The number of fused-ring (bicyclic) bond motifs is 1. The third-order valence-electron chi connectivity index (χ3n) is 6.16. The van der Waals surface area contributed by atoms with E-state index in [0.717, 1.165) is 31.3 Å². The highest BCUT2D eigenvalue weighted by atomic mass is 16.2. The molecule has 3 aliphatic rings. The van der Waals surface area contributed by atoms with Gasteiger partial charge in [-0.25, -0.2) is 0 Å². The summed E-state index contributed by atoms with van der Waals surface area (Å²) < 4.78 is 0. The lowest BCUT2D eigenvalue weighted by molar-refractivity contribution is -0.142. The van der Waals surface area contributed by atoms with Crippen molar-refractivity contribution in [1.82, 2.24) is 4.90 Å². The second-order valence-corrected chi connectivity index (χ2v) is 7.48. The molecule has 5 atom stereocenters. The zero-order valence-corrected chi connectivity index (χ0v) is 12.9. The Labute approximate surface area is 123 Å². The van der Waals surface area contributed by atoms with E-state index in [-0.39, 0.29) is 12.0 Å². The highest BCUT2D eigenvalue weighted by molar-refractivity contribution is 5.80. The van der Waals surface area contributed by atoms with E-state index in [1.165, 1.54) is 44.9 Å². The zero-order valence-electron chi connectivity index (χ0n) is 12.9. The molecule has 1 aliphatic heterocycles. The van der Waals surface area contributed by atoms with Gasteiger partial charge in [-0.1, -0.05) is 32.6 Å². The molecule has 0 aromatic heterocycles. The van der Waals surface area contributed by atoms with E-state index in [1.54, 1.807) is 0 Å². The van der Waals surface area contributed by atoms with E-state index >= 15 is 0 Å². The second-order valence-electron chi connectivity index (χ2n) is 7.48. The van der Waals surface area contributed by atoms with Gasteiger partial charge in [-0.2, -0.15) is 0 Å². The molecule has 3 nitrogen and oxygen atoms in total. The molecule has 2 N–H and O–H groups in total. The van der Waals surface area contributed by atoms with Crippen LogP contribution >= 0.6 is 0 Å². The van der Waals surface area contributed by atoms with E-state index in [4.69, 9.17) is 5.73 Å². The number of carbonyl (C=O) groups is 1. The fourth-order valence-corrected chi connectivity index (χ4v) is 4.90.